The molecule has 3 aromatic heterocycles. The van der Waals surface area contributed by atoms with Crippen LogP contribution in [0.25, 0.3) is 98.1 Å². The third kappa shape index (κ3) is 5.45. The number of rotatable bonds is 5. The number of para-hydroxylation sites is 2. The Kier molecular flexibility index (Phi) is 8.23. The van der Waals surface area contributed by atoms with E-state index >= 15 is 0 Å². The van der Waals surface area contributed by atoms with E-state index in [2.05, 4.69) is 96.6 Å². The van der Waals surface area contributed by atoms with Crippen LogP contribution in [0.2, 0.25) is 0 Å². The molecule has 3 heterocycles. The van der Waals surface area contributed by atoms with E-state index in [4.69, 9.17) is 13.1 Å². The minimum absolute atomic E-state index is 0.419. The molecule has 10 rings (SSSR count). The molecule has 0 radical (unpaired) electrons. The van der Waals surface area contributed by atoms with Gasteiger partial charge in [-0.1, -0.05) is 66.7 Å². The lowest BCUT2D eigenvalue weighted by atomic mass is 9.98. The lowest BCUT2D eigenvalue weighted by Gasteiger charge is -2.16. The zero-order valence-electron chi connectivity index (χ0n) is 31.6. The van der Waals surface area contributed by atoms with E-state index in [9.17, 15) is 15.8 Å². The second kappa shape index (κ2) is 14.0. The molecule has 0 amide bonds. The monoisotopic (exact) mass is 762 g/mol. The van der Waals surface area contributed by atoms with Gasteiger partial charge in [-0.3, -0.25) is 4.98 Å². The SMILES string of the molecule is [C-]#[N+]c1ccc(-c2ccc3c(c2)c2ccccc2n3-c2ccncc2-c2cc(-n3c4ccccc4c4cc(-c5ccc(C#N)cc5[N+]#[C-])ccc43)ccc2C#N)c(C#N)c1. The van der Waals surface area contributed by atoms with Crippen molar-refractivity contribution in [2.24, 2.45) is 0 Å². The van der Waals surface area contributed by atoms with E-state index in [1.54, 1.807) is 30.5 Å². The van der Waals surface area contributed by atoms with E-state index in [1.165, 1.54) is 0 Å². The molecular formula is C52H26N8. The first-order valence-electron chi connectivity index (χ1n) is 18.9. The van der Waals surface area contributed by atoms with Crippen LogP contribution in [0.4, 0.5) is 11.4 Å². The van der Waals surface area contributed by atoms with Gasteiger partial charge in [-0.25, -0.2) is 9.69 Å². The number of fused-ring (bicyclic) bond motifs is 6. The van der Waals surface area contributed by atoms with Crippen molar-refractivity contribution in [3.63, 3.8) is 0 Å². The Morgan fingerprint density at radius 3 is 1.82 bits per heavy atom. The van der Waals surface area contributed by atoms with Gasteiger partial charge in [0.05, 0.1) is 64.7 Å². The van der Waals surface area contributed by atoms with Gasteiger partial charge in [0.15, 0.2) is 11.4 Å². The van der Waals surface area contributed by atoms with Crippen molar-refractivity contribution in [3.05, 3.63) is 198 Å². The summed E-state index contributed by atoms with van der Waals surface area (Å²) in [5, 5.41) is 34.1. The molecule has 0 fully saturated rings. The van der Waals surface area contributed by atoms with E-state index < -0.39 is 0 Å². The fourth-order valence-electron chi connectivity index (χ4n) is 8.48. The van der Waals surface area contributed by atoms with Crippen LogP contribution in [0.3, 0.4) is 0 Å². The minimum Gasteiger partial charge on any atom is -0.309 e. The molecular weight excluding hydrogens is 737 g/mol. The molecule has 0 spiro atoms. The summed E-state index contributed by atoms with van der Waals surface area (Å²) in [5.41, 5.74) is 12.6. The zero-order chi connectivity index (χ0) is 40.9. The largest absolute Gasteiger partial charge is 0.309 e. The molecule has 0 saturated carbocycles. The standard InChI is InChI=1S/C52H26N8/c1-56-37-15-18-39(36(24-37)30-55)33-13-20-51-45(25-33)42-8-4-6-10-49(42)60(51)52-21-22-58-31-46(52)43-27-38(16-12-35(43)29-54)59-48-9-5-3-7-41(48)44-26-34(14-19-50(44)59)40-17-11-32(28-53)23-47(40)57-2/h3-27,31H. The summed E-state index contributed by atoms with van der Waals surface area (Å²) in [4.78, 5) is 11.8. The predicted octanol–water partition coefficient (Wildman–Crippen LogP) is 13.0. The van der Waals surface area contributed by atoms with E-state index in [1.807, 2.05) is 72.9 Å². The lowest BCUT2D eigenvalue weighted by molar-refractivity contribution is 1.15. The molecule has 60 heavy (non-hydrogen) atoms. The Morgan fingerprint density at radius 2 is 1.13 bits per heavy atom. The van der Waals surface area contributed by atoms with Gasteiger partial charge < -0.3 is 9.13 Å². The van der Waals surface area contributed by atoms with Crippen LogP contribution < -0.4 is 0 Å². The first kappa shape index (κ1) is 35.2. The molecule has 10 aromatic rings. The van der Waals surface area contributed by atoms with Crippen LogP contribution in [0.5, 0.6) is 0 Å². The Morgan fingerprint density at radius 1 is 0.483 bits per heavy atom. The van der Waals surface area contributed by atoms with Gasteiger partial charge in [0.25, 0.3) is 0 Å². The Bertz CT molecular complexity index is 3680. The van der Waals surface area contributed by atoms with Crippen molar-refractivity contribution in [2.45, 2.75) is 0 Å². The Hall–Kier alpha value is -9.26. The fraction of sp³-hybridized carbons (Fsp3) is 0. The van der Waals surface area contributed by atoms with Crippen molar-refractivity contribution < 1.29 is 0 Å². The van der Waals surface area contributed by atoms with Crippen LogP contribution >= 0.6 is 0 Å². The summed E-state index contributed by atoms with van der Waals surface area (Å²) in [5.74, 6) is 0. The fourth-order valence-corrected chi connectivity index (χ4v) is 8.48. The van der Waals surface area contributed by atoms with E-state index in [0.717, 1.165) is 88.4 Å². The molecule has 274 valence electrons. The van der Waals surface area contributed by atoms with Gasteiger partial charge >= 0.3 is 0 Å². The number of nitriles is 3. The lowest BCUT2D eigenvalue weighted by Crippen LogP contribution is -2.01. The molecule has 8 nitrogen and oxygen atoms in total. The normalized spacial score (nSPS) is 10.9. The minimum atomic E-state index is 0.419. The summed E-state index contributed by atoms with van der Waals surface area (Å²) in [6.07, 6.45) is 3.58. The third-order valence-corrected chi connectivity index (χ3v) is 11.2. The number of benzene rings is 7. The van der Waals surface area contributed by atoms with Gasteiger partial charge in [-0.05, 0) is 101 Å². The number of hydrogen-bond acceptors (Lipinski definition) is 4. The zero-order valence-corrected chi connectivity index (χ0v) is 31.6. The summed E-state index contributed by atoms with van der Waals surface area (Å²) < 4.78 is 4.40. The van der Waals surface area contributed by atoms with Crippen molar-refractivity contribution in [2.75, 3.05) is 0 Å². The Balaban J connectivity index is 1.16. The highest BCUT2D eigenvalue weighted by atomic mass is 15.0. The van der Waals surface area contributed by atoms with Gasteiger partial charge in [-0.2, -0.15) is 15.8 Å². The van der Waals surface area contributed by atoms with Crippen LogP contribution in [0, 0.1) is 47.1 Å². The first-order chi connectivity index (χ1) is 29.5. The number of aromatic nitrogens is 3. The number of nitrogens with zero attached hydrogens (tertiary/aromatic N) is 8. The molecule has 0 aliphatic carbocycles. The van der Waals surface area contributed by atoms with E-state index in [0.29, 0.717) is 28.1 Å². The van der Waals surface area contributed by atoms with Crippen molar-refractivity contribution >= 4 is 55.0 Å². The molecule has 7 aromatic carbocycles. The molecule has 0 bridgehead atoms. The summed E-state index contributed by atoms with van der Waals surface area (Å²) in [7, 11) is 0. The van der Waals surface area contributed by atoms with Crippen molar-refractivity contribution in [1.29, 1.82) is 15.8 Å². The number of pyridine rings is 1. The van der Waals surface area contributed by atoms with Gasteiger partial charge in [0.1, 0.15) is 0 Å². The van der Waals surface area contributed by atoms with Gasteiger partial charge in [-0.15, -0.1) is 0 Å². The molecule has 0 atom stereocenters. The predicted molar refractivity (Wildman–Crippen MR) is 236 cm³/mol. The second-order valence-electron chi connectivity index (χ2n) is 14.3. The first-order valence-corrected chi connectivity index (χ1v) is 18.9. The average Bonchev–Trinajstić information content (AvgIpc) is 3.83. The van der Waals surface area contributed by atoms with Crippen molar-refractivity contribution in [3.8, 4) is 63.0 Å². The molecule has 8 heteroatoms. The highest BCUT2D eigenvalue weighted by Gasteiger charge is 2.21. The highest BCUT2D eigenvalue weighted by Crippen LogP contribution is 2.42. The second-order valence-corrected chi connectivity index (χ2v) is 14.3. The van der Waals surface area contributed by atoms with Crippen LogP contribution in [0.1, 0.15) is 16.7 Å². The maximum atomic E-state index is 10.6. The maximum absolute atomic E-state index is 10.6. The van der Waals surface area contributed by atoms with Crippen LogP contribution in [0.15, 0.2) is 158 Å². The smallest absolute Gasteiger partial charge is 0.196 e. The van der Waals surface area contributed by atoms with Gasteiger partial charge in [0.2, 0.25) is 0 Å². The van der Waals surface area contributed by atoms with Crippen LogP contribution in [-0.2, 0) is 0 Å². The summed E-state index contributed by atoms with van der Waals surface area (Å²) >= 11 is 0. The molecule has 0 N–H and O–H groups in total. The topological polar surface area (TPSA) is 103 Å². The maximum Gasteiger partial charge on any atom is 0.196 e. The molecule has 0 saturated heterocycles. The van der Waals surface area contributed by atoms with E-state index in [-0.39, 0.29) is 0 Å². The Labute approximate surface area is 344 Å². The van der Waals surface area contributed by atoms with Crippen molar-refractivity contribution in [1.82, 2.24) is 14.1 Å². The third-order valence-electron chi connectivity index (χ3n) is 11.2. The molecule has 0 unspecified atom stereocenters. The summed E-state index contributed by atoms with van der Waals surface area (Å²) in [6.45, 7) is 15.2. The number of hydrogen-bond donors (Lipinski definition) is 0. The van der Waals surface area contributed by atoms with Gasteiger partial charge in [0, 0.05) is 61.9 Å². The van der Waals surface area contributed by atoms with Crippen LogP contribution in [-0.4, -0.2) is 14.1 Å². The highest BCUT2D eigenvalue weighted by molar-refractivity contribution is 6.12. The quantitative estimate of drug-likeness (QED) is 0.163. The summed E-state index contributed by atoms with van der Waals surface area (Å²) in [6, 6.07) is 53.8. The molecule has 0 aliphatic heterocycles. The molecule has 0 aliphatic rings. The average molecular weight is 763 g/mol.